The fourth-order valence-electron chi connectivity index (χ4n) is 6.43. The summed E-state index contributed by atoms with van der Waals surface area (Å²) in [5.41, 5.74) is 0.590. The number of phenols is 1. The van der Waals surface area contributed by atoms with Gasteiger partial charge in [-0.25, -0.2) is 0 Å². The van der Waals surface area contributed by atoms with Crippen molar-refractivity contribution in [3.05, 3.63) is 29.8 Å². The van der Waals surface area contributed by atoms with Crippen LogP contribution in [0, 0.1) is 16.7 Å². The second-order valence-corrected chi connectivity index (χ2v) is 19.6. The molecule has 1 heterocycles. The molecule has 2 N–H and O–H groups in total. The monoisotopic (exact) mass is 718 g/mol. The summed E-state index contributed by atoms with van der Waals surface area (Å²) in [5.74, 6) is -0.610. The van der Waals surface area contributed by atoms with Gasteiger partial charge in [0.1, 0.15) is 0 Å². The predicted molar refractivity (Wildman–Crippen MR) is 169 cm³/mol. The van der Waals surface area contributed by atoms with Crippen LogP contribution >= 0.6 is 20.1 Å². The van der Waals surface area contributed by atoms with Crippen molar-refractivity contribution < 1.29 is 37.4 Å². The average molecular weight is 719 g/mol. The number of ether oxygens (including phenoxy) is 2. The van der Waals surface area contributed by atoms with Gasteiger partial charge in [0.05, 0.1) is 0 Å². The van der Waals surface area contributed by atoms with Crippen molar-refractivity contribution >= 4 is 51.8 Å². The van der Waals surface area contributed by atoms with E-state index in [4.69, 9.17) is 9.47 Å². The molecule has 0 aromatic heterocycles. The predicted octanol–water partition coefficient (Wildman–Crippen LogP) is 4.73. The van der Waals surface area contributed by atoms with Gasteiger partial charge in [0.25, 0.3) is 0 Å². The maximum atomic E-state index is 13.8. The second kappa shape index (κ2) is 12.7. The molecule has 4 rings (SSSR count). The maximum absolute atomic E-state index is 13.8. The van der Waals surface area contributed by atoms with E-state index in [2.05, 4.69) is 26.1 Å². The van der Waals surface area contributed by atoms with Gasteiger partial charge < -0.3 is 0 Å². The van der Waals surface area contributed by atoms with Gasteiger partial charge in [0, 0.05) is 0 Å². The van der Waals surface area contributed by atoms with E-state index >= 15 is 0 Å². The summed E-state index contributed by atoms with van der Waals surface area (Å²) in [6, 6.07) is 3.50. The number of fused-ring (bicyclic) bond motifs is 2. The van der Waals surface area contributed by atoms with E-state index in [9.17, 15) is 27.9 Å². The number of carbonyl (C=O) groups is 3. The molecular weight excluding hydrogens is 675 g/mol. The summed E-state index contributed by atoms with van der Waals surface area (Å²) in [5, 5.41) is 12.5. The standard InChI is InChI=1S/C30H43IN2O8S/c1-6-42(38,39)17-13-22(32-26(35)11-9-20-8-10-23(34)24(18-20)40-5)27(36)33-16-7-15-31(33)28(37)41-25-19-21-12-14-30(25,4)29(21,2)3/h8-11,18,21-22,25,34H,6-7,12-17,19H2,1-5H3,(H,32,35)/b11-9+. The van der Waals surface area contributed by atoms with Crippen LogP contribution in [-0.2, 0) is 24.2 Å². The zero-order chi connectivity index (χ0) is 30.9. The van der Waals surface area contributed by atoms with E-state index in [0.29, 0.717) is 28.9 Å². The third-order valence-corrected chi connectivity index (χ3v) is 16.8. The Labute approximate surface area is 256 Å². The number of hydrogen-bond donors (Lipinski definition) is 2. The molecule has 3 fully saturated rings. The molecule has 42 heavy (non-hydrogen) atoms. The van der Waals surface area contributed by atoms with E-state index in [1.807, 2.05) is 0 Å². The van der Waals surface area contributed by atoms with Gasteiger partial charge >= 0.3 is 257 Å². The Morgan fingerprint density at radius 2 is 2.00 bits per heavy atom. The van der Waals surface area contributed by atoms with Crippen molar-refractivity contribution in [3.8, 4) is 11.5 Å². The molecule has 3 aliphatic rings. The van der Waals surface area contributed by atoms with Crippen LogP contribution in [0.5, 0.6) is 11.5 Å². The zero-order valence-corrected chi connectivity index (χ0v) is 28.0. The van der Waals surface area contributed by atoms with E-state index < -0.39 is 47.8 Å². The van der Waals surface area contributed by atoms with Crippen LogP contribution in [0.4, 0.5) is 4.79 Å². The molecular formula is C30H43IN2O8S. The quantitative estimate of drug-likeness (QED) is 0.110. The third-order valence-electron chi connectivity index (χ3n) is 9.68. The van der Waals surface area contributed by atoms with Crippen molar-refractivity contribution in [2.45, 2.75) is 71.9 Å². The van der Waals surface area contributed by atoms with Gasteiger partial charge in [0.2, 0.25) is 0 Å². The van der Waals surface area contributed by atoms with Gasteiger partial charge in [-0.3, -0.25) is 0 Å². The first kappa shape index (κ1) is 32.6. The molecule has 2 amide bonds. The van der Waals surface area contributed by atoms with Gasteiger partial charge in [-0.15, -0.1) is 0 Å². The summed E-state index contributed by atoms with van der Waals surface area (Å²) in [4.78, 5) is 40.2. The Balaban J connectivity index is 1.47. The minimum atomic E-state index is -3.40. The summed E-state index contributed by atoms with van der Waals surface area (Å²) >= 11 is -2.71. The first-order valence-corrected chi connectivity index (χ1v) is 19.9. The number of rotatable bonds is 11. The van der Waals surface area contributed by atoms with Crippen molar-refractivity contribution in [2.75, 3.05) is 29.6 Å². The van der Waals surface area contributed by atoms with Crippen LogP contribution in [0.1, 0.15) is 65.4 Å². The number of sulfone groups is 1. The molecule has 4 atom stereocenters. The Bertz CT molecular complexity index is 1350. The Kier molecular flexibility index (Phi) is 9.86. The molecule has 1 aromatic rings. The number of methoxy groups -OCH3 is 1. The normalized spacial score (nSPS) is 26.4. The Morgan fingerprint density at radius 1 is 1.26 bits per heavy atom. The van der Waals surface area contributed by atoms with E-state index in [1.165, 1.54) is 32.3 Å². The number of alkyl halides is 1. The number of phenolic OH excluding ortho intramolecular Hbond substituents is 1. The number of nitrogens with one attached hydrogen (secondary N) is 1. The Morgan fingerprint density at radius 3 is 2.62 bits per heavy atom. The van der Waals surface area contributed by atoms with E-state index in [0.717, 1.165) is 19.3 Å². The number of amides is 2. The molecule has 2 saturated carbocycles. The van der Waals surface area contributed by atoms with Crippen molar-refractivity contribution in [1.29, 1.82) is 0 Å². The van der Waals surface area contributed by atoms with Crippen LogP contribution in [0.2, 0.25) is 0 Å². The van der Waals surface area contributed by atoms with E-state index in [-0.39, 0.29) is 50.3 Å². The van der Waals surface area contributed by atoms with E-state index in [1.54, 1.807) is 15.2 Å². The molecule has 2 bridgehead atoms. The molecule has 2 aliphatic carbocycles. The number of benzene rings is 1. The van der Waals surface area contributed by atoms with Crippen molar-refractivity contribution in [2.24, 2.45) is 16.7 Å². The zero-order valence-electron chi connectivity index (χ0n) is 25.0. The fraction of sp³-hybridized carbons (Fsp3) is 0.633. The fourth-order valence-corrected chi connectivity index (χ4v) is 12.3. The number of nitrogens with zero attached hydrogens (tertiary/aromatic N) is 1. The molecule has 0 spiro atoms. The number of halogens is 1. The van der Waals surface area contributed by atoms with Crippen LogP contribution < -0.4 is 10.1 Å². The Hall–Kier alpha value is -2.35. The van der Waals surface area contributed by atoms with Gasteiger partial charge in [0.15, 0.2) is 0 Å². The molecule has 1 aromatic carbocycles. The molecule has 12 heteroatoms. The molecule has 10 nitrogen and oxygen atoms in total. The van der Waals surface area contributed by atoms with Crippen LogP contribution in [0.3, 0.4) is 0 Å². The average Bonchev–Trinajstić information content (AvgIpc) is 3.58. The number of hydrogen-bond acceptors (Lipinski definition) is 8. The third kappa shape index (κ3) is 6.58. The molecule has 4 unspecified atom stereocenters. The molecule has 0 radical (unpaired) electrons. The first-order chi connectivity index (χ1) is 19.7. The first-order valence-electron chi connectivity index (χ1n) is 14.5. The summed E-state index contributed by atoms with van der Waals surface area (Å²) in [6.45, 7) is 8.66. The van der Waals surface area contributed by atoms with Gasteiger partial charge in [-0.05, 0) is 0 Å². The van der Waals surface area contributed by atoms with Gasteiger partial charge in [-0.1, -0.05) is 0 Å². The molecule has 234 valence electrons. The van der Waals surface area contributed by atoms with Crippen LogP contribution in [0.25, 0.3) is 6.08 Å². The van der Waals surface area contributed by atoms with Crippen LogP contribution in [-0.4, -0.2) is 74.2 Å². The molecule has 1 saturated heterocycles. The second-order valence-electron chi connectivity index (χ2n) is 12.1. The van der Waals surface area contributed by atoms with Crippen molar-refractivity contribution in [3.63, 3.8) is 0 Å². The topological polar surface area (TPSA) is 139 Å². The molecule has 1 aliphatic heterocycles. The summed E-state index contributed by atoms with van der Waals surface area (Å²) in [7, 11) is -1.98. The van der Waals surface area contributed by atoms with Crippen LogP contribution in [0.15, 0.2) is 24.3 Å². The number of carbonyl (C=O) groups excluding carboxylic acids is 3. The summed E-state index contributed by atoms with van der Waals surface area (Å²) in [6.07, 6.45) is 6.18. The SMILES string of the molecule is CCS(=O)(=O)CCC(NC(=O)/C=C/c1ccc(O)c(OC)c1)C(=O)N1CCCI1C(=O)OC1CC2CCC1(C)C2(C)C. The van der Waals surface area contributed by atoms with Gasteiger partial charge in [-0.2, -0.15) is 0 Å². The number of aromatic hydroxyl groups is 1. The van der Waals surface area contributed by atoms with Crippen molar-refractivity contribution in [1.82, 2.24) is 8.43 Å². The summed E-state index contributed by atoms with van der Waals surface area (Å²) < 4.78 is 37.8. The minimum absolute atomic E-state index is 0.0384.